The minimum absolute atomic E-state index is 0.130. The fourth-order valence-corrected chi connectivity index (χ4v) is 1.52. The first-order chi connectivity index (χ1) is 8.93. The summed E-state index contributed by atoms with van der Waals surface area (Å²) < 4.78 is 4.44. The number of halogens is 1. The Kier molecular flexibility index (Phi) is 5.57. The number of pyridine rings is 1. The number of anilines is 1. The van der Waals surface area contributed by atoms with E-state index in [1.807, 2.05) is 13.8 Å². The first kappa shape index (κ1) is 15.2. The maximum atomic E-state index is 11.9. The summed E-state index contributed by atoms with van der Waals surface area (Å²) in [6.07, 6.45) is 1.36. The highest BCUT2D eigenvalue weighted by atomic mass is 35.5. The third kappa shape index (κ3) is 4.75. The third-order valence-electron chi connectivity index (χ3n) is 2.18. The van der Waals surface area contributed by atoms with Crippen molar-refractivity contribution in [2.24, 2.45) is 0 Å². The summed E-state index contributed by atoms with van der Waals surface area (Å²) in [6, 6.07) is 1.69. The molecule has 0 radical (unpaired) electrons. The molecule has 1 aromatic rings. The van der Waals surface area contributed by atoms with Crippen molar-refractivity contribution < 1.29 is 14.3 Å². The summed E-state index contributed by atoms with van der Waals surface area (Å²) in [4.78, 5) is 26.8. The molecule has 1 heterocycles. The molecule has 0 atom stereocenters. The van der Waals surface area contributed by atoms with Gasteiger partial charge >= 0.3 is 5.97 Å². The van der Waals surface area contributed by atoms with Crippen LogP contribution < -0.4 is 10.6 Å². The normalized spacial score (nSPS) is 10.2. The van der Waals surface area contributed by atoms with Crippen molar-refractivity contribution in [1.29, 1.82) is 0 Å². The van der Waals surface area contributed by atoms with Gasteiger partial charge in [-0.2, -0.15) is 0 Å². The lowest BCUT2D eigenvalue weighted by Gasteiger charge is -2.14. The van der Waals surface area contributed by atoms with Crippen molar-refractivity contribution in [2.45, 2.75) is 19.9 Å². The topological polar surface area (TPSA) is 80.3 Å². The highest BCUT2D eigenvalue weighted by molar-refractivity contribution is 6.29. The zero-order chi connectivity index (χ0) is 14.4. The van der Waals surface area contributed by atoms with Gasteiger partial charge in [0.15, 0.2) is 0 Å². The minimum Gasteiger partial charge on any atom is -0.468 e. The molecule has 7 heteroatoms. The Morgan fingerprint density at radius 3 is 2.74 bits per heavy atom. The molecule has 0 spiro atoms. The first-order valence-corrected chi connectivity index (χ1v) is 6.09. The molecule has 19 heavy (non-hydrogen) atoms. The first-order valence-electron chi connectivity index (χ1n) is 5.71. The van der Waals surface area contributed by atoms with Gasteiger partial charge in [-0.15, -0.1) is 0 Å². The molecule has 0 saturated carbocycles. The van der Waals surface area contributed by atoms with E-state index in [2.05, 4.69) is 20.4 Å². The molecule has 104 valence electrons. The van der Waals surface area contributed by atoms with Gasteiger partial charge in [0.25, 0.3) is 5.91 Å². The predicted molar refractivity (Wildman–Crippen MR) is 72.4 cm³/mol. The maximum Gasteiger partial charge on any atom is 0.325 e. The maximum absolute atomic E-state index is 11.9. The molecule has 6 nitrogen and oxygen atoms in total. The molecule has 1 rings (SSSR count). The molecule has 0 aliphatic rings. The van der Waals surface area contributed by atoms with Gasteiger partial charge in [-0.1, -0.05) is 11.6 Å². The van der Waals surface area contributed by atoms with Crippen LogP contribution in [0.25, 0.3) is 0 Å². The Morgan fingerprint density at radius 1 is 1.47 bits per heavy atom. The molecule has 1 amide bonds. The Morgan fingerprint density at radius 2 is 2.16 bits per heavy atom. The van der Waals surface area contributed by atoms with Crippen molar-refractivity contribution in [1.82, 2.24) is 10.3 Å². The van der Waals surface area contributed by atoms with Gasteiger partial charge in [-0.05, 0) is 19.9 Å². The second kappa shape index (κ2) is 6.94. The zero-order valence-electron chi connectivity index (χ0n) is 11.0. The SMILES string of the molecule is COC(=O)CNC(=O)c1cnc(Cl)cc1NC(C)C. The summed E-state index contributed by atoms with van der Waals surface area (Å²) in [5.41, 5.74) is 0.888. The van der Waals surface area contributed by atoms with Gasteiger partial charge in [0.2, 0.25) is 0 Å². The van der Waals surface area contributed by atoms with Gasteiger partial charge in [0.05, 0.1) is 18.4 Å². The Hall–Kier alpha value is -1.82. The van der Waals surface area contributed by atoms with E-state index in [1.54, 1.807) is 6.07 Å². The monoisotopic (exact) mass is 285 g/mol. The van der Waals surface area contributed by atoms with Crippen molar-refractivity contribution in [3.05, 3.63) is 23.0 Å². The van der Waals surface area contributed by atoms with Gasteiger partial charge in [-0.3, -0.25) is 9.59 Å². The number of methoxy groups -OCH3 is 1. The van der Waals surface area contributed by atoms with Gasteiger partial charge < -0.3 is 15.4 Å². The fraction of sp³-hybridized carbons (Fsp3) is 0.417. The van der Waals surface area contributed by atoms with E-state index in [1.165, 1.54) is 13.3 Å². The number of carbonyl (C=O) groups is 2. The molecule has 0 unspecified atom stereocenters. The van der Waals surface area contributed by atoms with E-state index < -0.39 is 11.9 Å². The zero-order valence-corrected chi connectivity index (χ0v) is 11.7. The molecule has 0 saturated heterocycles. The van der Waals surface area contributed by atoms with E-state index in [0.717, 1.165) is 0 Å². The lowest BCUT2D eigenvalue weighted by molar-refractivity contribution is -0.139. The molecular weight excluding hydrogens is 270 g/mol. The van der Waals surface area contributed by atoms with Crippen LogP contribution in [-0.4, -0.2) is 36.6 Å². The number of hydrogen-bond acceptors (Lipinski definition) is 5. The van der Waals surface area contributed by atoms with Crippen LogP contribution in [0.15, 0.2) is 12.3 Å². The fourth-order valence-electron chi connectivity index (χ4n) is 1.36. The number of carbonyl (C=O) groups excluding carboxylic acids is 2. The number of amides is 1. The Labute approximate surface area is 116 Å². The van der Waals surface area contributed by atoms with Crippen molar-refractivity contribution >= 4 is 29.2 Å². The number of rotatable bonds is 5. The number of nitrogens with zero attached hydrogens (tertiary/aromatic N) is 1. The highest BCUT2D eigenvalue weighted by Gasteiger charge is 2.14. The van der Waals surface area contributed by atoms with E-state index >= 15 is 0 Å². The van der Waals surface area contributed by atoms with Gasteiger partial charge in [-0.25, -0.2) is 4.98 Å². The average Bonchev–Trinajstić information content (AvgIpc) is 2.35. The van der Waals surface area contributed by atoms with E-state index in [9.17, 15) is 9.59 Å². The third-order valence-corrected chi connectivity index (χ3v) is 2.39. The minimum atomic E-state index is -0.520. The van der Waals surface area contributed by atoms with Crippen molar-refractivity contribution in [3.8, 4) is 0 Å². The van der Waals surface area contributed by atoms with Crippen LogP contribution in [-0.2, 0) is 9.53 Å². The average molecular weight is 286 g/mol. The summed E-state index contributed by atoms with van der Waals surface area (Å²) in [5, 5.41) is 5.83. The van der Waals surface area contributed by atoms with Crippen LogP contribution in [0.2, 0.25) is 5.15 Å². The van der Waals surface area contributed by atoms with Crippen LogP contribution in [0.3, 0.4) is 0 Å². The molecule has 0 bridgehead atoms. The second-order valence-electron chi connectivity index (χ2n) is 4.11. The standard InChI is InChI=1S/C12H16ClN3O3/c1-7(2)16-9-4-10(13)14-5-8(9)12(18)15-6-11(17)19-3/h4-5,7H,6H2,1-3H3,(H,14,16)(H,15,18). The molecule has 2 N–H and O–H groups in total. The molecule has 0 aliphatic carbocycles. The van der Waals surface area contributed by atoms with Crippen LogP contribution >= 0.6 is 11.6 Å². The number of nitrogens with one attached hydrogen (secondary N) is 2. The predicted octanol–water partition coefficient (Wildman–Crippen LogP) is 1.46. The van der Waals surface area contributed by atoms with E-state index in [0.29, 0.717) is 11.3 Å². The van der Waals surface area contributed by atoms with Crippen LogP contribution in [0.5, 0.6) is 0 Å². The van der Waals surface area contributed by atoms with Crippen LogP contribution in [0.1, 0.15) is 24.2 Å². The highest BCUT2D eigenvalue weighted by Crippen LogP contribution is 2.19. The largest absolute Gasteiger partial charge is 0.468 e. The number of ether oxygens (including phenoxy) is 1. The van der Waals surface area contributed by atoms with Crippen molar-refractivity contribution in [3.63, 3.8) is 0 Å². The summed E-state index contributed by atoms with van der Waals surface area (Å²) in [7, 11) is 1.25. The summed E-state index contributed by atoms with van der Waals surface area (Å²) in [6.45, 7) is 3.67. The number of esters is 1. The van der Waals surface area contributed by atoms with Gasteiger partial charge in [0, 0.05) is 12.2 Å². The second-order valence-corrected chi connectivity index (χ2v) is 4.50. The lowest BCUT2D eigenvalue weighted by Crippen LogP contribution is -2.31. The molecular formula is C12H16ClN3O3. The smallest absolute Gasteiger partial charge is 0.325 e. The number of aromatic nitrogens is 1. The van der Waals surface area contributed by atoms with E-state index in [-0.39, 0.29) is 17.7 Å². The summed E-state index contributed by atoms with van der Waals surface area (Å²) in [5.74, 6) is -0.939. The molecule has 0 aliphatic heterocycles. The van der Waals surface area contributed by atoms with Crippen LogP contribution in [0.4, 0.5) is 5.69 Å². The molecule has 0 fully saturated rings. The van der Waals surface area contributed by atoms with Crippen molar-refractivity contribution in [2.75, 3.05) is 19.0 Å². The van der Waals surface area contributed by atoms with Gasteiger partial charge in [0.1, 0.15) is 11.7 Å². The molecule has 1 aromatic heterocycles. The Balaban J connectivity index is 2.86. The number of hydrogen-bond donors (Lipinski definition) is 2. The van der Waals surface area contributed by atoms with Crippen LogP contribution in [0, 0.1) is 0 Å². The van der Waals surface area contributed by atoms with E-state index in [4.69, 9.17) is 11.6 Å². The Bertz CT molecular complexity index is 477. The summed E-state index contributed by atoms with van der Waals surface area (Å²) >= 11 is 5.80. The molecule has 0 aromatic carbocycles. The quantitative estimate of drug-likeness (QED) is 0.632. The lowest BCUT2D eigenvalue weighted by atomic mass is 10.2.